The molecule has 12 heteroatoms. The van der Waals surface area contributed by atoms with Gasteiger partial charge >= 0.3 is 5.97 Å². The minimum atomic E-state index is -3.96. The molecule has 136 valence electrons. The Morgan fingerprint density at radius 3 is 2.64 bits per heavy atom. The molecule has 9 nitrogen and oxygen atoms in total. The smallest absolute Gasteiger partial charge is 0.316 e. The third-order valence-electron chi connectivity index (χ3n) is 2.83. The number of rotatable bonds is 8. The van der Waals surface area contributed by atoms with E-state index in [0.717, 1.165) is 23.1 Å². The third-order valence-corrected chi connectivity index (χ3v) is 6.26. The number of carbonyl (C=O) groups excluding carboxylic acids is 1. The SMILES string of the molecule is COC(=O)CSc1nnc(NS(=O)(=O)c2cc(OC)ccc2OC)s1. The van der Waals surface area contributed by atoms with E-state index in [4.69, 9.17) is 9.47 Å². The molecule has 0 bridgehead atoms. The molecule has 2 aromatic rings. The molecule has 0 atom stereocenters. The first-order valence-corrected chi connectivity index (χ1v) is 9.96. The molecule has 0 aliphatic carbocycles. The summed E-state index contributed by atoms with van der Waals surface area (Å²) in [5.74, 6) is 0.177. The van der Waals surface area contributed by atoms with Gasteiger partial charge in [0.05, 0.1) is 27.1 Å². The van der Waals surface area contributed by atoms with Crippen molar-refractivity contribution in [3.63, 3.8) is 0 Å². The van der Waals surface area contributed by atoms with Gasteiger partial charge in [0, 0.05) is 6.07 Å². The lowest BCUT2D eigenvalue weighted by Gasteiger charge is -2.11. The molecule has 1 aromatic carbocycles. The average molecular weight is 405 g/mol. The van der Waals surface area contributed by atoms with Crippen LogP contribution in [0.2, 0.25) is 0 Å². The molecule has 1 aromatic heterocycles. The quantitative estimate of drug-likeness (QED) is 0.516. The predicted octanol–water partition coefficient (Wildman–Crippen LogP) is 1.62. The Hall–Kier alpha value is -2.05. The van der Waals surface area contributed by atoms with E-state index < -0.39 is 16.0 Å². The monoisotopic (exact) mass is 405 g/mol. The van der Waals surface area contributed by atoms with Gasteiger partial charge in [-0.2, -0.15) is 0 Å². The number of ether oxygens (including phenoxy) is 3. The van der Waals surface area contributed by atoms with Crippen LogP contribution in [0.4, 0.5) is 5.13 Å². The van der Waals surface area contributed by atoms with Gasteiger partial charge in [-0.25, -0.2) is 8.42 Å². The summed E-state index contributed by atoms with van der Waals surface area (Å²) in [5, 5.41) is 7.65. The Morgan fingerprint density at radius 2 is 2.00 bits per heavy atom. The molecule has 1 N–H and O–H groups in total. The summed E-state index contributed by atoms with van der Waals surface area (Å²) in [5.41, 5.74) is 0. The summed E-state index contributed by atoms with van der Waals surface area (Å²) in [6, 6.07) is 4.42. The molecule has 0 amide bonds. The zero-order chi connectivity index (χ0) is 18.4. The fourth-order valence-corrected chi connectivity index (χ4v) is 4.65. The van der Waals surface area contributed by atoms with E-state index in [1.54, 1.807) is 6.07 Å². The fraction of sp³-hybridized carbons (Fsp3) is 0.308. The first-order chi connectivity index (χ1) is 11.9. The van der Waals surface area contributed by atoms with Crippen LogP contribution in [0.3, 0.4) is 0 Å². The summed E-state index contributed by atoms with van der Waals surface area (Å²) in [6.07, 6.45) is 0. The molecule has 1 heterocycles. The number of nitrogens with zero attached hydrogens (tertiary/aromatic N) is 2. The summed E-state index contributed by atoms with van der Waals surface area (Å²) in [7, 11) is 0.123. The van der Waals surface area contributed by atoms with E-state index >= 15 is 0 Å². The normalized spacial score (nSPS) is 11.0. The molecule has 0 unspecified atom stereocenters. The van der Waals surface area contributed by atoms with E-state index in [1.165, 1.54) is 33.5 Å². The number of sulfonamides is 1. The van der Waals surface area contributed by atoms with Crippen molar-refractivity contribution in [2.24, 2.45) is 0 Å². The lowest BCUT2D eigenvalue weighted by Crippen LogP contribution is -2.14. The summed E-state index contributed by atoms with van der Waals surface area (Å²) < 4.78 is 42.6. The first-order valence-electron chi connectivity index (χ1n) is 6.67. The van der Waals surface area contributed by atoms with Crippen molar-refractivity contribution in [1.82, 2.24) is 10.2 Å². The van der Waals surface area contributed by atoms with E-state index in [2.05, 4.69) is 19.7 Å². The van der Waals surface area contributed by atoms with Gasteiger partial charge < -0.3 is 14.2 Å². The van der Waals surface area contributed by atoms with Gasteiger partial charge in [0.25, 0.3) is 10.0 Å². The van der Waals surface area contributed by atoms with Gasteiger partial charge in [-0.3, -0.25) is 9.52 Å². The number of hydrogen-bond acceptors (Lipinski definition) is 10. The Kier molecular flexibility index (Phi) is 6.45. The lowest BCUT2D eigenvalue weighted by atomic mass is 10.3. The Morgan fingerprint density at radius 1 is 1.24 bits per heavy atom. The topological polar surface area (TPSA) is 117 Å². The van der Waals surface area contributed by atoms with Crippen molar-refractivity contribution >= 4 is 44.2 Å². The van der Waals surface area contributed by atoms with Crippen molar-refractivity contribution in [1.29, 1.82) is 0 Å². The number of carbonyl (C=O) groups is 1. The van der Waals surface area contributed by atoms with Gasteiger partial charge in [-0.1, -0.05) is 23.1 Å². The molecule has 0 aliphatic rings. The second-order valence-corrected chi connectivity index (χ2v) is 8.21. The largest absolute Gasteiger partial charge is 0.497 e. The average Bonchev–Trinajstić information content (AvgIpc) is 3.05. The van der Waals surface area contributed by atoms with Crippen molar-refractivity contribution in [3.8, 4) is 11.5 Å². The minimum Gasteiger partial charge on any atom is -0.497 e. The molecule has 25 heavy (non-hydrogen) atoms. The van der Waals surface area contributed by atoms with Crippen LogP contribution in [0, 0.1) is 0 Å². The van der Waals surface area contributed by atoms with Crippen LogP contribution in [-0.4, -0.2) is 51.7 Å². The van der Waals surface area contributed by atoms with Gasteiger partial charge in [0.15, 0.2) is 4.34 Å². The lowest BCUT2D eigenvalue weighted by molar-refractivity contribution is -0.137. The number of aromatic nitrogens is 2. The van der Waals surface area contributed by atoms with Crippen LogP contribution in [0.1, 0.15) is 0 Å². The number of esters is 1. The summed E-state index contributed by atoms with van der Waals surface area (Å²) in [4.78, 5) is 11.0. The predicted molar refractivity (Wildman–Crippen MR) is 93.0 cm³/mol. The third kappa shape index (κ3) is 4.96. The maximum Gasteiger partial charge on any atom is 0.316 e. The highest BCUT2D eigenvalue weighted by molar-refractivity contribution is 8.01. The highest BCUT2D eigenvalue weighted by atomic mass is 32.2. The Balaban J connectivity index is 2.19. The zero-order valence-corrected chi connectivity index (χ0v) is 16.0. The second kappa shape index (κ2) is 8.36. The van der Waals surface area contributed by atoms with Crippen LogP contribution in [0.5, 0.6) is 11.5 Å². The molecule has 0 radical (unpaired) electrons. The van der Waals surface area contributed by atoms with Gasteiger partial charge in [-0.05, 0) is 12.1 Å². The van der Waals surface area contributed by atoms with E-state index in [-0.39, 0.29) is 21.5 Å². The van der Waals surface area contributed by atoms with Crippen LogP contribution in [0.25, 0.3) is 0 Å². The van der Waals surface area contributed by atoms with Crippen LogP contribution in [0.15, 0.2) is 27.4 Å². The van der Waals surface area contributed by atoms with Crippen molar-refractivity contribution < 1.29 is 27.4 Å². The Labute approximate surface area is 152 Å². The summed E-state index contributed by atoms with van der Waals surface area (Å²) in [6.45, 7) is 0. The van der Waals surface area contributed by atoms with E-state index in [9.17, 15) is 13.2 Å². The van der Waals surface area contributed by atoms with Crippen LogP contribution in [-0.2, 0) is 19.6 Å². The zero-order valence-electron chi connectivity index (χ0n) is 13.5. The van der Waals surface area contributed by atoms with Crippen LogP contribution < -0.4 is 14.2 Å². The van der Waals surface area contributed by atoms with Crippen molar-refractivity contribution in [3.05, 3.63) is 18.2 Å². The number of thioether (sulfide) groups is 1. The second-order valence-electron chi connectivity index (χ2n) is 4.36. The van der Waals surface area contributed by atoms with E-state index in [1.807, 2.05) is 0 Å². The van der Waals surface area contributed by atoms with Gasteiger partial charge in [0.2, 0.25) is 5.13 Å². The summed E-state index contributed by atoms with van der Waals surface area (Å²) >= 11 is 2.10. The first kappa shape index (κ1) is 19.3. The maximum absolute atomic E-state index is 12.6. The van der Waals surface area contributed by atoms with Gasteiger partial charge in [0.1, 0.15) is 16.4 Å². The molecule has 0 spiro atoms. The highest BCUT2D eigenvalue weighted by Gasteiger charge is 2.22. The molecular weight excluding hydrogens is 390 g/mol. The number of hydrogen-bond donors (Lipinski definition) is 1. The van der Waals surface area contributed by atoms with Crippen molar-refractivity contribution in [2.75, 3.05) is 31.8 Å². The standard InChI is InChI=1S/C13H15N3O6S3/c1-20-8-4-5-9(21-2)10(6-8)25(18,19)16-12-14-15-13(24-12)23-7-11(17)22-3/h4-6H,7H2,1-3H3,(H,14,16). The molecule has 0 saturated heterocycles. The van der Waals surface area contributed by atoms with Gasteiger partial charge in [-0.15, -0.1) is 10.2 Å². The highest BCUT2D eigenvalue weighted by Crippen LogP contribution is 2.31. The molecule has 0 saturated carbocycles. The minimum absolute atomic E-state index is 0.0571. The Bertz CT molecular complexity index is 852. The number of anilines is 1. The number of methoxy groups -OCH3 is 3. The van der Waals surface area contributed by atoms with E-state index in [0.29, 0.717) is 10.1 Å². The number of nitrogens with one attached hydrogen (secondary N) is 1. The van der Waals surface area contributed by atoms with Crippen molar-refractivity contribution in [2.45, 2.75) is 9.24 Å². The molecular formula is C13H15N3O6S3. The maximum atomic E-state index is 12.6. The molecule has 2 rings (SSSR count). The van der Waals surface area contributed by atoms with Crippen LogP contribution >= 0.6 is 23.1 Å². The fourth-order valence-electron chi connectivity index (χ4n) is 1.65. The number of benzene rings is 1. The molecule has 0 fully saturated rings. The molecule has 0 aliphatic heterocycles.